The summed E-state index contributed by atoms with van der Waals surface area (Å²) < 4.78 is 1.75. The molecular formula is C14H12N4. The molecule has 0 saturated heterocycles. The Labute approximate surface area is 106 Å². The highest BCUT2D eigenvalue weighted by atomic mass is 15.1. The number of hydrogen-bond donors (Lipinski definition) is 1. The Hall–Kier alpha value is -2.72. The van der Waals surface area contributed by atoms with E-state index in [1.165, 1.54) is 0 Å². The average Bonchev–Trinajstić information content (AvgIpc) is 2.67. The Morgan fingerprint density at radius 3 is 2.83 bits per heavy atom. The molecule has 0 unspecified atom stereocenters. The molecule has 0 fully saturated rings. The van der Waals surface area contributed by atoms with E-state index in [4.69, 9.17) is 17.4 Å². The molecule has 1 aromatic carbocycles. The van der Waals surface area contributed by atoms with Crippen LogP contribution in [-0.4, -0.2) is 9.55 Å². The Kier molecular flexibility index (Phi) is 3.03. The fourth-order valence-corrected chi connectivity index (χ4v) is 1.86. The zero-order valence-corrected chi connectivity index (χ0v) is 10.0. The second kappa shape index (κ2) is 4.65. The van der Waals surface area contributed by atoms with Gasteiger partial charge >= 0.3 is 0 Å². The van der Waals surface area contributed by atoms with Crippen molar-refractivity contribution in [2.45, 2.75) is 13.5 Å². The number of imidazole rings is 1. The second-order valence-corrected chi connectivity index (χ2v) is 3.84. The lowest BCUT2D eigenvalue weighted by molar-refractivity contribution is 0.807. The molecule has 88 valence electrons. The van der Waals surface area contributed by atoms with Gasteiger partial charge in [-0.3, -0.25) is 0 Å². The van der Waals surface area contributed by atoms with Crippen LogP contribution in [0, 0.1) is 30.6 Å². The van der Waals surface area contributed by atoms with E-state index < -0.39 is 0 Å². The number of anilines is 1. The van der Waals surface area contributed by atoms with Crippen LogP contribution in [-0.2, 0) is 6.54 Å². The van der Waals surface area contributed by atoms with Crippen LogP contribution < -0.4 is 5.73 Å². The first-order valence-electron chi connectivity index (χ1n) is 5.44. The summed E-state index contributed by atoms with van der Waals surface area (Å²) in [4.78, 5) is 4.40. The molecule has 1 heterocycles. The van der Waals surface area contributed by atoms with E-state index in [0.29, 0.717) is 23.6 Å². The first-order chi connectivity index (χ1) is 8.69. The number of nitrogens with two attached hydrogens (primary N) is 1. The third-order valence-electron chi connectivity index (χ3n) is 2.75. The van der Waals surface area contributed by atoms with Crippen LogP contribution in [0.5, 0.6) is 0 Å². The molecular weight excluding hydrogens is 224 g/mol. The van der Waals surface area contributed by atoms with Gasteiger partial charge in [0.15, 0.2) is 0 Å². The molecule has 0 radical (unpaired) electrons. The summed E-state index contributed by atoms with van der Waals surface area (Å²) in [5.41, 5.74) is 7.94. The molecule has 0 amide bonds. The van der Waals surface area contributed by atoms with E-state index >= 15 is 0 Å². The number of nitriles is 1. The number of nitrogens with zero attached hydrogens (tertiary/aromatic N) is 3. The van der Waals surface area contributed by atoms with Gasteiger partial charge in [-0.15, -0.1) is 6.42 Å². The highest BCUT2D eigenvalue weighted by Gasteiger charge is 2.15. The molecule has 0 aliphatic rings. The minimum Gasteiger partial charge on any atom is -0.383 e. The Balaban J connectivity index is 2.63. The van der Waals surface area contributed by atoms with Crippen LogP contribution in [0.1, 0.15) is 11.4 Å². The van der Waals surface area contributed by atoms with Crippen LogP contribution in [0.25, 0.3) is 11.3 Å². The normalized spacial score (nSPS) is 9.72. The van der Waals surface area contributed by atoms with Gasteiger partial charge < -0.3 is 10.3 Å². The first kappa shape index (κ1) is 11.8. The van der Waals surface area contributed by atoms with Gasteiger partial charge in [0.05, 0.1) is 18.2 Å². The van der Waals surface area contributed by atoms with Gasteiger partial charge in [0.2, 0.25) is 0 Å². The molecule has 0 aliphatic carbocycles. The Morgan fingerprint density at radius 2 is 2.17 bits per heavy atom. The topological polar surface area (TPSA) is 67.6 Å². The fraction of sp³-hybridized carbons (Fsp3) is 0.143. The van der Waals surface area contributed by atoms with Crippen molar-refractivity contribution in [1.29, 1.82) is 5.26 Å². The SMILES string of the molecule is C#CCn1c(C)nc(-c2ccccc2C#N)c1N. The summed E-state index contributed by atoms with van der Waals surface area (Å²) in [6.07, 6.45) is 5.30. The van der Waals surface area contributed by atoms with Gasteiger partial charge in [-0.25, -0.2) is 4.98 Å². The lowest BCUT2D eigenvalue weighted by Gasteiger charge is -2.04. The number of aromatic nitrogens is 2. The van der Waals surface area contributed by atoms with Crippen molar-refractivity contribution < 1.29 is 0 Å². The lowest BCUT2D eigenvalue weighted by atomic mass is 10.1. The van der Waals surface area contributed by atoms with Crippen LogP contribution >= 0.6 is 0 Å². The maximum absolute atomic E-state index is 9.09. The minimum absolute atomic E-state index is 0.374. The number of terminal acetylenes is 1. The van der Waals surface area contributed by atoms with E-state index in [2.05, 4.69) is 17.0 Å². The number of nitrogen functional groups attached to an aromatic ring is 1. The van der Waals surface area contributed by atoms with Gasteiger partial charge in [-0.1, -0.05) is 24.1 Å². The molecule has 2 rings (SSSR count). The summed E-state index contributed by atoms with van der Waals surface area (Å²) in [6, 6.07) is 9.37. The summed E-state index contributed by atoms with van der Waals surface area (Å²) in [6.45, 7) is 2.21. The maximum atomic E-state index is 9.09. The quantitative estimate of drug-likeness (QED) is 0.810. The molecule has 4 heteroatoms. The summed E-state index contributed by atoms with van der Waals surface area (Å²) in [7, 11) is 0. The predicted octanol–water partition coefficient (Wildman–Crippen LogP) is 1.95. The van der Waals surface area contributed by atoms with E-state index in [9.17, 15) is 0 Å². The Morgan fingerprint density at radius 1 is 1.44 bits per heavy atom. The van der Waals surface area contributed by atoms with Crippen molar-refractivity contribution in [2.75, 3.05) is 5.73 Å². The van der Waals surface area contributed by atoms with Gasteiger partial charge in [0.25, 0.3) is 0 Å². The Bertz CT molecular complexity index is 668. The zero-order valence-electron chi connectivity index (χ0n) is 10.0. The van der Waals surface area contributed by atoms with E-state index in [1.807, 2.05) is 25.1 Å². The van der Waals surface area contributed by atoms with Crippen LogP contribution in [0.15, 0.2) is 24.3 Å². The molecule has 18 heavy (non-hydrogen) atoms. The van der Waals surface area contributed by atoms with Gasteiger partial charge in [-0.05, 0) is 13.0 Å². The van der Waals surface area contributed by atoms with Crippen molar-refractivity contribution in [2.24, 2.45) is 0 Å². The highest BCUT2D eigenvalue weighted by Crippen LogP contribution is 2.28. The van der Waals surface area contributed by atoms with Crippen molar-refractivity contribution in [3.05, 3.63) is 35.7 Å². The predicted molar refractivity (Wildman–Crippen MR) is 70.4 cm³/mol. The largest absolute Gasteiger partial charge is 0.383 e. The summed E-state index contributed by atoms with van der Waals surface area (Å²) in [5.74, 6) is 3.77. The smallest absolute Gasteiger partial charge is 0.132 e. The van der Waals surface area contributed by atoms with Crippen LogP contribution in [0.2, 0.25) is 0 Å². The molecule has 0 saturated carbocycles. The van der Waals surface area contributed by atoms with Gasteiger partial charge in [0, 0.05) is 5.56 Å². The number of benzene rings is 1. The standard InChI is InChI=1S/C14H12N4/c1-3-8-18-10(2)17-13(14(18)16)12-7-5-4-6-11(12)9-15/h1,4-7H,8,16H2,2H3. The average molecular weight is 236 g/mol. The molecule has 2 N–H and O–H groups in total. The number of hydrogen-bond acceptors (Lipinski definition) is 3. The van der Waals surface area contributed by atoms with E-state index in [-0.39, 0.29) is 0 Å². The molecule has 4 nitrogen and oxygen atoms in total. The molecule has 0 atom stereocenters. The van der Waals surface area contributed by atoms with Crippen molar-refractivity contribution in [3.8, 4) is 29.7 Å². The third-order valence-corrected chi connectivity index (χ3v) is 2.75. The van der Waals surface area contributed by atoms with Gasteiger partial charge in [-0.2, -0.15) is 5.26 Å². The molecule has 0 aliphatic heterocycles. The zero-order chi connectivity index (χ0) is 13.1. The first-order valence-corrected chi connectivity index (χ1v) is 5.44. The van der Waals surface area contributed by atoms with E-state index in [1.54, 1.807) is 10.6 Å². The second-order valence-electron chi connectivity index (χ2n) is 3.84. The molecule has 0 bridgehead atoms. The maximum Gasteiger partial charge on any atom is 0.132 e. The van der Waals surface area contributed by atoms with E-state index in [0.717, 1.165) is 11.4 Å². The number of aryl methyl sites for hydroxylation is 1. The fourth-order valence-electron chi connectivity index (χ4n) is 1.86. The summed E-state index contributed by atoms with van der Waals surface area (Å²) in [5, 5.41) is 9.09. The highest BCUT2D eigenvalue weighted by molar-refractivity contribution is 5.76. The summed E-state index contributed by atoms with van der Waals surface area (Å²) >= 11 is 0. The monoisotopic (exact) mass is 236 g/mol. The van der Waals surface area contributed by atoms with Crippen molar-refractivity contribution >= 4 is 5.82 Å². The van der Waals surface area contributed by atoms with Crippen molar-refractivity contribution in [3.63, 3.8) is 0 Å². The molecule has 2 aromatic rings. The van der Waals surface area contributed by atoms with Crippen LogP contribution in [0.4, 0.5) is 5.82 Å². The third kappa shape index (κ3) is 1.81. The molecule has 0 spiro atoms. The van der Waals surface area contributed by atoms with Crippen molar-refractivity contribution in [1.82, 2.24) is 9.55 Å². The molecule has 1 aromatic heterocycles. The lowest BCUT2D eigenvalue weighted by Crippen LogP contribution is -2.03. The minimum atomic E-state index is 0.374. The number of rotatable bonds is 2. The van der Waals surface area contributed by atoms with Crippen LogP contribution in [0.3, 0.4) is 0 Å². The van der Waals surface area contributed by atoms with Gasteiger partial charge in [0.1, 0.15) is 17.3 Å².